The Labute approximate surface area is 101 Å². The van der Waals surface area contributed by atoms with Gasteiger partial charge in [-0.1, -0.05) is 0 Å². The van der Waals surface area contributed by atoms with E-state index in [0.29, 0.717) is 6.04 Å². The summed E-state index contributed by atoms with van der Waals surface area (Å²) in [6.07, 6.45) is 7.02. The molecule has 0 N–H and O–H groups in total. The van der Waals surface area contributed by atoms with Crippen LogP contribution in [0.2, 0.25) is 0 Å². The third kappa shape index (κ3) is 3.38. The van der Waals surface area contributed by atoms with Crippen molar-refractivity contribution in [2.75, 3.05) is 18.3 Å². The number of nitrogens with zero attached hydrogens (tertiary/aromatic N) is 2. The lowest BCUT2D eigenvalue weighted by Crippen LogP contribution is -2.26. The van der Waals surface area contributed by atoms with Crippen LogP contribution in [0.15, 0.2) is 23.2 Å². The molecule has 0 aromatic carbocycles. The minimum absolute atomic E-state index is 0.690. The van der Waals surface area contributed by atoms with E-state index in [1.165, 1.54) is 19.4 Å². The predicted octanol–water partition coefficient (Wildman–Crippen LogP) is 3.11. The second-order valence-corrected chi connectivity index (χ2v) is 5.71. The van der Waals surface area contributed by atoms with Crippen LogP contribution in [-0.4, -0.2) is 34.1 Å². The van der Waals surface area contributed by atoms with Crippen LogP contribution in [0.3, 0.4) is 0 Å². The highest BCUT2D eigenvalue weighted by molar-refractivity contribution is 8.02. The number of thioether (sulfide) groups is 2. The molecule has 2 aliphatic rings. The van der Waals surface area contributed by atoms with Gasteiger partial charge in [0.25, 0.3) is 0 Å². The zero-order valence-electron chi connectivity index (χ0n) is 9.13. The van der Waals surface area contributed by atoms with Gasteiger partial charge in [0.15, 0.2) is 0 Å². The Morgan fingerprint density at radius 2 is 2.00 bits per heavy atom. The molecule has 0 fully saturated rings. The highest BCUT2D eigenvalue weighted by atomic mass is 32.2. The lowest BCUT2D eigenvalue weighted by Gasteiger charge is -2.24. The summed E-state index contributed by atoms with van der Waals surface area (Å²) < 4.78 is 0. The summed E-state index contributed by atoms with van der Waals surface area (Å²) in [4.78, 5) is 4.82. The standard InChI is InChI=1S/C11H18N2S2/c1-11(13-6-8-15-10-13)3-2-4-12-5-7-14-9-12/h5-8,11H,2-4,9-10H2,1H3. The molecule has 0 bridgehead atoms. The number of hydrogen-bond acceptors (Lipinski definition) is 4. The molecule has 0 aromatic rings. The molecule has 0 amide bonds. The number of hydrogen-bond donors (Lipinski definition) is 0. The largest absolute Gasteiger partial charge is 0.367 e. The van der Waals surface area contributed by atoms with Crippen LogP contribution >= 0.6 is 23.5 Å². The summed E-state index contributed by atoms with van der Waals surface area (Å²) >= 11 is 3.78. The molecule has 0 saturated heterocycles. The fourth-order valence-electron chi connectivity index (χ4n) is 1.77. The van der Waals surface area contributed by atoms with Crippen molar-refractivity contribution in [2.45, 2.75) is 25.8 Å². The summed E-state index contributed by atoms with van der Waals surface area (Å²) in [7, 11) is 0. The Hall–Kier alpha value is -0.220. The minimum Gasteiger partial charge on any atom is -0.367 e. The predicted molar refractivity (Wildman–Crippen MR) is 70.4 cm³/mol. The SMILES string of the molecule is CC(CCCN1C=CSC1)N1C=CSC1. The summed E-state index contributed by atoms with van der Waals surface area (Å²) in [5.41, 5.74) is 0. The van der Waals surface area contributed by atoms with E-state index in [4.69, 9.17) is 0 Å². The third-order valence-corrected chi connectivity index (χ3v) is 4.37. The van der Waals surface area contributed by atoms with Crippen LogP contribution in [-0.2, 0) is 0 Å². The van der Waals surface area contributed by atoms with Crippen LogP contribution in [0.5, 0.6) is 0 Å². The molecule has 0 radical (unpaired) electrons. The van der Waals surface area contributed by atoms with E-state index in [1.54, 1.807) is 0 Å². The van der Waals surface area contributed by atoms with Gasteiger partial charge in [0.05, 0.1) is 11.8 Å². The molecule has 2 rings (SSSR count). The van der Waals surface area contributed by atoms with E-state index in [-0.39, 0.29) is 0 Å². The maximum absolute atomic E-state index is 2.43. The average Bonchev–Trinajstić information content (AvgIpc) is 2.90. The maximum atomic E-state index is 2.43. The van der Waals surface area contributed by atoms with Crippen molar-refractivity contribution in [3.63, 3.8) is 0 Å². The molecule has 15 heavy (non-hydrogen) atoms. The monoisotopic (exact) mass is 242 g/mol. The van der Waals surface area contributed by atoms with E-state index in [9.17, 15) is 0 Å². The van der Waals surface area contributed by atoms with Crippen molar-refractivity contribution in [3.8, 4) is 0 Å². The normalized spacial score (nSPS) is 21.7. The van der Waals surface area contributed by atoms with Gasteiger partial charge in [-0.15, -0.1) is 23.5 Å². The quantitative estimate of drug-likeness (QED) is 0.730. The van der Waals surface area contributed by atoms with Crippen molar-refractivity contribution < 1.29 is 0 Å². The summed E-state index contributed by atoms with van der Waals surface area (Å²) in [6.45, 7) is 3.53. The third-order valence-electron chi connectivity index (χ3n) is 2.81. The van der Waals surface area contributed by atoms with Crippen LogP contribution in [0.1, 0.15) is 19.8 Å². The van der Waals surface area contributed by atoms with Crippen molar-refractivity contribution in [1.29, 1.82) is 0 Å². The van der Waals surface area contributed by atoms with E-state index in [2.05, 4.69) is 39.9 Å². The minimum atomic E-state index is 0.690. The molecular weight excluding hydrogens is 224 g/mol. The Kier molecular flexibility index (Phi) is 4.32. The van der Waals surface area contributed by atoms with Gasteiger partial charge in [0.2, 0.25) is 0 Å². The smallest absolute Gasteiger partial charge is 0.0678 e. The van der Waals surface area contributed by atoms with Crippen molar-refractivity contribution in [2.24, 2.45) is 0 Å². The molecule has 0 aliphatic carbocycles. The summed E-state index contributed by atoms with van der Waals surface area (Å²) in [6, 6.07) is 0.690. The molecule has 1 unspecified atom stereocenters. The molecule has 2 nitrogen and oxygen atoms in total. The van der Waals surface area contributed by atoms with Crippen molar-refractivity contribution in [3.05, 3.63) is 23.2 Å². The highest BCUT2D eigenvalue weighted by Gasteiger charge is 2.13. The van der Waals surface area contributed by atoms with Crippen LogP contribution in [0.25, 0.3) is 0 Å². The lowest BCUT2D eigenvalue weighted by molar-refractivity contribution is 0.306. The van der Waals surface area contributed by atoms with Crippen LogP contribution in [0.4, 0.5) is 0 Å². The van der Waals surface area contributed by atoms with Gasteiger partial charge in [0.1, 0.15) is 0 Å². The molecule has 2 aliphatic heterocycles. The summed E-state index contributed by atoms with van der Waals surface area (Å²) in [5, 5.41) is 4.37. The molecule has 0 aromatic heterocycles. The highest BCUT2D eigenvalue weighted by Crippen LogP contribution is 2.21. The van der Waals surface area contributed by atoms with Crippen LogP contribution in [0, 0.1) is 0 Å². The first kappa shape index (κ1) is 11.3. The Bertz CT molecular complexity index is 253. The van der Waals surface area contributed by atoms with Crippen molar-refractivity contribution >= 4 is 23.5 Å². The van der Waals surface area contributed by atoms with Crippen LogP contribution < -0.4 is 0 Å². The molecular formula is C11H18N2S2. The van der Waals surface area contributed by atoms with Gasteiger partial charge >= 0.3 is 0 Å². The van der Waals surface area contributed by atoms with E-state index < -0.39 is 0 Å². The van der Waals surface area contributed by atoms with Gasteiger partial charge in [0, 0.05) is 25.0 Å². The Balaban J connectivity index is 1.60. The Morgan fingerprint density at radius 3 is 2.67 bits per heavy atom. The lowest BCUT2D eigenvalue weighted by atomic mass is 10.1. The first-order valence-corrected chi connectivity index (χ1v) is 7.52. The molecule has 2 heterocycles. The van der Waals surface area contributed by atoms with Gasteiger partial charge in [-0.25, -0.2) is 0 Å². The molecule has 1 atom stereocenters. The maximum Gasteiger partial charge on any atom is 0.0678 e. The van der Waals surface area contributed by atoms with Gasteiger partial charge < -0.3 is 9.80 Å². The second-order valence-electron chi connectivity index (χ2n) is 3.98. The first-order valence-electron chi connectivity index (χ1n) is 5.42. The fourth-order valence-corrected chi connectivity index (χ4v) is 3.37. The number of rotatable bonds is 5. The average molecular weight is 242 g/mol. The zero-order chi connectivity index (χ0) is 10.5. The molecule has 0 saturated carbocycles. The van der Waals surface area contributed by atoms with Gasteiger partial charge in [-0.2, -0.15) is 0 Å². The zero-order valence-corrected chi connectivity index (χ0v) is 10.8. The van der Waals surface area contributed by atoms with E-state index in [1.807, 2.05) is 23.5 Å². The van der Waals surface area contributed by atoms with E-state index >= 15 is 0 Å². The molecule has 84 valence electrons. The summed E-state index contributed by atoms with van der Waals surface area (Å²) in [5.74, 6) is 2.29. The first-order chi connectivity index (χ1) is 7.36. The Morgan fingerprint density at radius 1 is 1.20 bits per heavy atom. The van der Waals surface area contributed by atoms with Gasteiger partial charge in [-0.3, -0.25) is 0 Å². The molecule has 0 spiro atoms. The molecule has 4 heteroatoms. The van der Waals surface area contributed by atoms with E-state index in [0.717, 1.165) is 11.8 Å². The van der Waals surface area contributed by atoms with Crippen molar-refractivity contribution in [1.82, 2.24) is 9.80 Å². The fraction of sp³-hybridized carbons (Fsp3) is 0.636. The van der Waals surface area contributed by atoms with Gasteiger partial charge in [-0.05, 0) is 30.6 Å². The second kappa shape index (κ2) is 5.75. The topological polar surface area (TPSA) is 6.48 Å².